The van der Waals surface area contributed by atoms with Crippen molar-refractivity contribution in [3.63, 3.8) is 0 Å². The van der Waals surface area contributed by atoms with E-state index in [1.54, 1.807) is 5.57 Å². The van der Waals surface area contributed by atoms with Gasteiger partial charge in [0.25, 0.3) is 0 Å². The second kappa shape index (κ2) is 7.24. The predicted molar refractivity (Wildman–Crippen MR) is 95.3 cm³/mol. The van der Waals surface area contributed by atoms with Crippen LogP contribution in [0.25, 0.3) is 0 Å². The standard InChI is InChI=1S/C18H32N2O2S/c1-15-4-3-5-16(2)18(15)14-19-8-6-17(7-9-19)20-10-12-23(21,22)13-11-20/h4,16-18H,3,5-14H2,1-2H3/t16-,18-/m1/s1. The van der Waals surface area contributed by atoms with Gasteiger partial charge in [-0.3, -0.25) is 4.90 Å². The Labute approximate surface area is 141 Å². The first-order chi connectivity index (χ1) is 10.9. The van der Waals surface area contributed by atoms with Crippen molar-refractivity contribution in [3.8, 4) is 0 Å². The fraction of sp³-hybridized carbons (Fsp3) is 0.889. The first kappa shape index (κ1) is 17.4. The summed E-state index contributed by atoms with van der Waals surface area (Å²) in [5.41, 5.74) is 1.59. The molecule has 0 aromatic heterocycles. The molecule has 0 spiro atoms. The van der Waals surface area contributed by atoms with Crippen molar-refractivity contribution >= 4 is 9.84 Å². The lowest BCUT2D eigenvalue weighted by atomic mass is 9.79. The summed E-state index contributed by atoms with van der Waals surface area (Å²) in [6, 6.07) is 0.599. The van der Waals surface area contributed by atoms with E-state index in [1.807, 2.05) is 0 Å². The maximum atomic E-state index is 11.6. The number of rotatable bonds is 3. The van der Waals surface area contributed by atoms with Crippen molar-refractivity contribution in [1.29, 1.82) is 0 Å². The van der Waals surface area contributed by atoms with Gasteiger partial charge in [0.15, 0.2) is 9.84 Å². The van der Waals surface area contributed by atoms with Crippen molar-refractivity contribution in [2.75, 3.05) is 44.2 Å². The SMILES string of the molecule is CC1=CCC[C@@H](C)[C@@H]1CN1CCC(N2CCS(=O)(=O)CC2)CC1. The van der Waals surface area contributed by atoms with Crippen molar-refractivity contribution in [1.82, 2.24) is 9.80 Å². The van der Waals surface area contributed by atoms with Gasteiger partial charge in [-0.05, 0) is 57.5 Å². The number of piperidine rings is 1. The molecule has 0 amide bonds. The molecule has 5 heteroatoms. The summed E-state index contributed by atoms with van der Waals surface area (Å²) in [4.78, 5) is 5.06. The number of likely N-dealkylation sites (tertiary alicyclic amines) is 1. The highest BCUT2D eigenvalue weighted by Gasteiger charge is 2.31. The molecule has 0 bridgehead atoms. The molecule has 0 aromatic rings. The van der Waals surface area contributed by atoms with E-state index in [0.717, 1.165) is 24.9 Å². The summed E-state index contributed by atoms with van der Waals surface area (Å²) < 4.78 is 23.1. The van der Waals surface area contributed by atoms with E-state index >= 15 is 0 Å². The van der Waals surface area contributed by atoms with E-state index in [4.69, 9.17) is 0 Å². The zero-order valence-electron chi connectivity index (χ0n) is 14.7. The van der Waals surface area contributed by atoms with Gasteiger partial charge in [-0.1, -0.05) is 18.6 Å². The molecule has 3 rings (SSSR count). The molecule has 1 aliphatic carbocycles. The normalized spacial score (nSPS) is 34.3. The van der Waals surface area contributed by atoms with E-state index in [0.29, 0.717) is 17.5 Å². The van der Waals surface area contributed by atoms with Crippen molar-refractivity contribution in [2.45, 2.75) is 45.6 Å². The van der Waals surface area contributed by atoms with Gasteiger partial charge in [-0.25, -0.2) is 8.42 Å². The topological polar surface area (TPSA) is 40.6 Å². The van der Waals surface area contributed by atoms with Crippen LogP contribution in [0.5, 0.6) is 0 Å². The van der Waals surface area contributed by atoms with Crippen LogP contribution in [-0.2, 0) is 9.84 Å². The second-order valence-electron chi connectivity index (χ2n) is 7.83. The molecular formula is C18H32N2O2S. The maximum Gasteiger partial charge on any atom is 0.152 e. The van der Waals surface area contributed by atoms with Gasteiger partial charge in [0.1, 0.15) is 0 Å². The first-order valence-electron chi connectivity index (χ1n) is 9.28. The van der Waals surface area contributed by atoms with Crippen LogP contribution >= 0.6 is 0 Å². The maximum absolute atomic E-state index is 11.6. The highest BCUT2D eigenvalue weighted by Crippen LogP contribution is 2.31. The largest absolute Gasteiger partial charge is 0.303 e. The Morgan fingerprint density at radius 3 is 2.35 bits per heavy atom. The number of hydrogen-bond donors (Lipinski definition) is 0. The number of allylic oxidation sites excluding steroid dienone is 1. The van der Waals surface area contributed by atoms with Crippen LogP contribution in [0.3, 0.4) is 0 Å². The summed E-state index contributed by atoms with van der Waals surface area (Å²) in [6.45, 7) is 9.76. The van der Waals surface area contributed by atoms with E-state index in [1.165, 1.54) is 45.3 Å². The summed E-state index contributed by atoms with van der Waals surface area (Å²) in [5.74, 6) is 2.26. The Balaban J connectivity index is 1.47. The van der Waals surface area contributed by atoms with E-state index in [-0.39, 0.29) is 0 Å². The van der Waals surface area contributed by atoms with Crippen LogP contribution in [0.1, 0.15) is 39.5 Å². The predicted octanol–water partition coefficient (Wildman–Crippen LogP) is 2.17. The Bertz CT molecular complexity index is 521. The molecule has 4 nitrogen and oxygen atoms in total. The molecule has 0 N–H and O–H groups in total. The van der Waals surface area contributed by atoms with E-state index < -0.39 is 9.84 Å². The zero-order chi connectivity index (χ0) is 16.4. The van der Waals surface area contributed by atoms with Gasteiger partial charge in [0.05, 0.1) is 11.5 Å². The summed E-state index contributed by atoms with van der Waals surface area (Å²) in [7, 11) is -2.75. The number of nitrogens with zero attached hydrogens (tertiary/aromatic N) is 2. The number of hydrogen-bond acceptors (Lipinski definition) is 4. The molecule has 2 atom stereocenters. The summed E-state index contributed by atoms with van der Waals surface area (Å²) in [6.07, 6.45) is 7.42. The Kier molecular flexibility index (Phi) is 5.49. The lowest BCUT2D eigenvalue weighted by Gasteiger charge is -2.42. The van der Waals surface area contributed by atoms with Crippen LogP contribution < -0.4 is 0 Å². The summed E-state index contributed by atoms with van der Waals surface area (Å²) in [5, 5.41) is 0. The monoisotopic (exact) mass is 340 g/mol. The van der Waals surface area contributed by atoms with Gasteiger partial charge >= 0.3 is 0 Å². The molecule has 2 saturated heterocycles. The second-order valence-corrected chi connectivity index (χ2v) is 10.1. The third-order valence-electron chi connectivity index (χ3n) is 6.27. The Morgan fingerprint density at radius 1 is 1.09 bits per heavy atom. The van der Waals surface area contributed by atoms with Gasteiger partial charge in [-0.2, -0.15) is 0 Å². The minimum Gasteiger partial charge on any atom is -0.303 e. The van der Waals surface area contributed by atoms with Crippen LogP contribution in [0.4, 0.5) is 0 Å². The molecule has 3 aliphatic rings. The van der Waals surface area contributed by atoms with Crippen LogP contribution in [0, 0.1) is 11.8 Å². The molecule has 0 aromatic carbocycles. The number of sulfone groups is 1. The smallest absolute Gasteiger partial charge is 0.152 e. The molecule has 0 unspecified atom stereocenters. The lowest BCUT2D eigenvalue weighted by molar-refractivity contribution is 0.100. The van der Waals surface area contributed by atoms with Gasteiger partial charge < -0.3 is 4.90 Å². The fourth-order valence-electron chi connectivity index (χ4n) is 4.54. The third-order valence-corrected chi connectivity index (χ3v) is 7.88. The molecule has 2 aliphatic heterocycles. The minimum absolute atomic E-state index is 0.358. The summed E-state index contributed by atoms with van der Waals surface area (Å²) >= 11 is 0. The van der Waals surface area contributed by atoms with Crippen molar-refractivity contribution in [3.05, 3.63) is 11.6 Å². The van der Waals surface area contributed by atoms with Crippen LogP contribution in [-0.4, -0.2) is 68.5 Å². The minimum atomic E-state index is -2.75. The molecule has 132 valence electrons. The first-order valence-corrected chi connectivity index (χ1v) is 11.1. The van der Waals surface area contributed by atoms with Gasteiger partial charge in [0.2, 0.25) is 0 Å². The van der Waals surface area contributed by atoms with Crippen molar-refractivity contribution in [2.24, 2.45) is 11.8 Å². The molecule has 2 heterocycles. The quantitative estimate of drug-likeness (QED) is 0.739. The Morgan fingerprint density at radius 2 is 1.74 bits per heavy atom. The zero-order valence-corrected chi connectivity index (χ0v) is 15.5. The van der Waals surface area contributed by atoms with Crippen LogP contribution in [0.2, 0.25) is 0 Å². The van der Waals surface area contributed by atoms with Crippen LogP contribution in [0.15, 0.2) is 11.6 Å². The highest BCUT2D eigenvalue weighted by molar-refractivity contribution is 7.91. The Hall–Kier alpha value is -0.390. The van der Waals surface area contributed by atoms with Gasteiger partial charge in [-0.15, -0.1) is 0 Å². The van der Waals surface area contributed by atoms with E-state index in [9.17, 15) is 8.42 Å². The lowest BCUT2D eigenvalue weighted by Crippen LogP contribution is -2.51. The molecule has 0 saturated carbocycles. The molecular weight excluding hydrogens is 308 g/mol. The average Bonchev–Trinajstić information content (AvgIpc) is 2.52. The van der Waals surface area contributed by atoms with E-state index in [2.05, 4.69) is 29.7 Å². The highest BCUT2D eigenvalue weighted by atomic mass is 32.2. The average molecular weight is 341 g/mol. The molecule has 23 heavy (non-hydrogen) atoms. The van der Waals surface area contributed by atoms with Gasteiger partial charge in [0, 0.05) is 25.7 Å². The molecule has 2 fully saturated rings. The van der Waals surface area contributed by atoms with Crippen molar-refractivity contribution < 1.29 is 8.42 Å². The molecule has 0 radical (unpaired) electrons. The third kappa shape index (κ3) is 4.37. The fourth-order valence-corrected chi connectivity index (χ4v) is 5.77.